The lowest BCUT2D eigenvalue weighted by Gasteiger charge is -2.20. The fourth-order valence-corrected chi connectivity index (χ4v) is 1.75. The second-order valence-corrected chi connectivity index (χ2v) is 4.27. The molecule has 0 saturated carbocycles. The van der Waals surface area contributed by atoms with Crippen molar-refractivity contribution in [2.45, 2.75) is 32.2 Å². The number of likely N-dealkylation sites (N-methyl/N-ethyl adjacent to an activating group) is 1. The van der Waals surface area contributed by atoms with Gasteiger partial charge in [-0.1, -0.05) is 13.8 Å². The summed E-state index contributed by atoms with van der Waals surface area (Å²) >= 11 is 3.33. The second-order valence-electron chi connectivity index (χ2n) is 3.35. The van der Waals surface area contributed by atoms with Crippen LogP contribution in [0.1, 0.15) is 32.0 Å². The summed E-state index contributed by atoms with van der Waals surface area (Å²) in [5, 5.41) is 3.27. The maximum atomic E-state index is 4.30. The summed E-state index contributed by atoms with van der Waals surface area (Å²) in [7, 11) is 1.98. The van der Waals surface area contributed by atoms with Gasteiger partial charge in [-0.15, -0.1) is 0 Å². The van der Waals surface area contributed by atoms with E-state index in [1.54, 1.807) is 12.4 Å². The van der Waals surface area contributed by atoms with Crippen molar-refractivity contribution >= 4 is 15.9 Å². The van der Waals surface area contributed by atoms with Gasteiger partial charge in [0.15, 0.2) is 0 Å². The van der Waals surface area contributed by atoms with Gasteiger partial charge >= 0.3 is 0 Å². The van der Waals surface area contributed by atoms with Crippen LogP contribution >= 0.6 is 15.9 Å². The molecule has 1 aromatic rings. The van der Waals surface area contributed by atoms with E-state index in [0.717, 1.165) is 16.7 Å². The number of nitrogens with one attached hydrogen (secondary N) is 1. The first kappa shape index (κ1) is 11.6. The van der Waals surface area contributed by atoms with Crippen molar-refractivity contribution in [3.8, 4) is 0 Å². The first-order valence-electron chi connectivity index (χ1n) is 4.83. The average molecular weight is 258 g/mol. The molecule has 0 aliphatic rings. The highest BCUT2D eigenvalue weighted by Gasteiger charge is 2.17. The standard InChI is InChI=1S/C10H16BrN3/c1-4-9(12-3)7(2)10-13-5-8(11)6-14-10/h5-7,9,12H,4H2,1-3H3. The molecule has 0 bridgehead atoms. The number of hydrogen-bond acceptors (Lipinski definition) is 3. The van der Waals surface area contributed by atoms with Gasteiger partial charge in [-0.25, -0.2) is 9.97 Å². The van der Waals surface area contributed by atoms with Gasteiger partial charge in [-0.05, 0) is 29.4 Å². The molecular weight excluding hydrogens is 242 g/mol. The summed E-state index contributed by atoms with van der Waals surface area (Å²) in [6.45, 7) is 4.31. The molecule has 1 heterocycles. The average Bonchev–Trinajstić information content (AvgIpc) is 2.20. The fourth-order valence-electron chi connectivity index (χ4n) is 1.55. The Balaban J connectivity index is 2.77. The summed E-state index contributed by atoms with van der Waals surface area (Å²) in [5.74, 6) is 1.24. The summed E-state index contributed by atoms with van der Waals surface area (Å²) < 4.78 is 0.922. The molecule has 1 rings (SSSR count). The highest BCUT2D eigenvalue weighted by molar-refractivity contribution is 9.10. The molecule has 1 N–H and O–H groups in total. The Kier molecular flexibility index (Phi) is 4.48. The predicted octanol–water partition coefficient (Wildman–Crippen LogP) is 2.34. The van der Waals surface area contributed by atoms with Crippen LogP contribution in [0.5, 0.6) is 0 Å². The Morgan fingerprint density at radius 2 is 2.00 bits per heavy atom. The van der Waals surface area contributed by atoms with Crippen LogP contribution in [0.25, 0.3) is 0 Å². The van der Waals surface area contributed by atoms with Crippen molar-refractivity contribution in [2.75, 3.05) is 7.05 Å². The molecule has 2 unspecified atom stereocenters. The Labute approximate surface area is 93.5 Å². The van der Waals surface area contributed by atoms with Crippen LogP contribution in [0.15, 0.2) is 16.9 Å². The molecule has 78 valence electrons. The van der Waals surface area contributed by atoms with Gasteiger partial charge in [0.1, 0.15) is 5.82 Å². The number of halogens is 1. The molecule has 0 aromatic carbocycles. The number of hydrogen-bond donors (Lipinski definition) is 1. The summed E-state index contributed by atoms with van der Waals surface area (Å²) in [4.78, 5) is 8.59. The van der Waals surface area contributed by atoms with Gasteiger partial charge in [-0.3, -0.25) is 0 Å². The van der Waals surface area contributed by atoms with Gasteiger partial charge < -0.3 is 5.32 Å². The second kappa shape index (κ2) is 5.41. The Morgan fingerprint density at radius 3 is 2.43 bits per heavy atom. The van der Waals surface area contributed by atoms with Crippen molar-refractivity contribution in [3.05, 3.63) is 22.7 Å². The maximum Gasteiger partial charge on any atom is 0.132 e. The smallest absolute Gasteiger partial charge is 0.132 e. The van der Waals surface area contributed by atoms with Crippen molar-refractivity contribution in [1.82, 2.24) is 15.3 Å². The third kappa shape index (κ3) is 2.75. The van der Waals surface area contributed by atoms with Crippen LogP contribution in [-0.4, -0.2) is 23.1 Å². The third-order valence-electron chi connectivity index (χ3n) is 2.46. The van der Waals surface area contributed by atoms with Crippen molar-refractivity contribution < 1.29 is 0 Å². The molecule has 4 heteroatoms. The van der Waals surface area contributed by atoms with Gasteiger partial charge in [0.25, 0.3) is 0 Å². The molecule has 0 aliphatic heterocycles. The third-order valence-corrected chi connectivity index (χ3v) is 2.87. The molecule has 3 nitrogen and oxygen atoms in total. The SMILES string of the molecule is CCC(NC)C(C)c1ncc(Br)cn1. The maximum absolute atomic E-state index is 4.30. The molecule has 2 atom stereocenters. The minimum atomic E-state index is 0.345. The molecule has 0 amide bonds. The van der Waals surface area contributed by atoms with E-state index < -0.39 is 0 Å². The van der Waals surface area contributed by atoms with Gasteiger partial charge in [-0.2, -0.15) is 0 Å². The van der Waals surface area contributed by atoms with Crippen LogP contribution < -0.4 is 5.32 Å². The van der Waals surface area contributed by atoms with E-state index in [9.17, 15) is 0 Å². The van der Waals surface area contributed by atoms with Crippen molar-refractivity contribution in [3.63, 3.8) is 0 Å². The quantitative estimate of drug-likeness (QED) is 0.900. The van der Waals surface area contributed by atoms with E-state index in [1.807, 2.05) is 7.05 Å². The Hall–Kier alpha value is -0.480. The Morgan fingerprint density at radius 1 is 1.43 bits per heavy atom. The molecular formula is C10H16BrN3. The number of nitrogens with zero attached hydrogens (tertiary/aromatic N) is 2. The van der Waals surface area contributed by atoms with Gasteiger partial charge in [0.05, 0.1) is 4.47 Å². The van der Waals surface area contributed by atoms with E-state index in [0.29, 0.717) is 12.0 Å². The first-order valence-corrected chi connectivity index (χ1v) is 5.63. The van der Waals surface area contributed by atoms with Gasteiger partial charge in [0, 0.05) is 24.4 Å². The first-order chi connectivity index (χ1) is 6.69. The van der Waals surface area contributed by atoms with E-state index in [4.69, 9.17) is 0 Å². The molecule has 0 aliphatic carbocycles. The normalized spacial score (nSPS) is 15.1. The topological polar surface area (TPSA) is 37.8 Å². The zero-order valence-corrected chi connectivity index (χ0v) is 10.4. The van der Waals surface area contributed by atoms with Crippen molar-refractivity contribution in [2.24, 2.45) is 0 Å². The Bertz CT molecular complexity index is 269. The van der Waals surface area contributed by atoms with Crippen LogP contribution in [0.4, 0.5) is 0 Å². The van der Waals surface area contributed by atoms with Crippen LogP contribution in [-0.2, 0) is 0 Å². The summed E-state index contributed by atoms with van der Waals surface area (Å²) in [6, 6.07) is 0.441. The number of rotatable bonds is 4. The lowest BCUT2D eigenvalue weighted by molar-refractivity contribution is 0.457. The van der Waals surface area contributed by atoms with E-state index >= 15 is 0 Å². The monoisotopic (exact) mass is 257 g/mol. The fraction of sp³-hybridized carbons (Fsp3) is 0.600. The van der Waals surface area contributed by atoms with E-state index in [1.165, 1.54) is 0 Å². The van der Waals surface area contributed by atoms with Crippen LogP contribution in [0.2, 0.25) is 0 Å². The highest BCUT2D eigenvalue weighted by Crippen LogP contribution is 2.17. The van der Waals surface area contributed by atoms with E-state index in [2.05, 4.69) is 45.1 Å². The predicted molar refractivity (Wildman–Crippen MR) is 61.3 cm³/mol. The molecule has 0 radical (unpaired) electrons. The van der Waals surface area contributed by atoms with Gasteiger partial charge in [0.2, 0.25) is 0 Å². The largest absolute Gasteiger partial charge is 0.316 e. The number of aromatic nitrogens is 2. The minimum absolute atomic E-state index is 0.345. The summed E-state index contributed by atoms with van der Waals surface area (Å²) in [6.07, 6.45) is 4.67. The molecule has 0 spiro atoms. The lowest BCUT2D eigenvalue weighted by Crippen LogP contribution is -2.30. The molecule has 14 heavy (non-hydrogen) atoms. The van der Waals surface area contributed by atoms with E-state index in [-0.39, 0.29) is 0 Å². The highest BCUT2D eigenvalue weighted by atomic mass is 79.9. The zero-order valence-electron chi connectivity index (χ0n) is 8.79. The van der Waals surface area contributed by atoms with Crippen molar-refractivity contribution in [1.29, 1.82) is 0 Å². The van der Waals surface area contributed by atoms with Crippen LogP contribution in [0.3, 0.4) is 0 Å². The molecule has 0 saturated heterocycles. The lowest BCUT2D eigenvalue weighted by atomic mass is 9.99. The summed E-state index contributed by atoms with van der Waals surface area (Å²) in [5.41, 5.74) is 0. The van der Waals surface area contributed by atoms with Crippen LogP contribution in [0, 0.1) is 0 Å². The zero-order chi connectivity index (χ0) is 10.6. The molecule has 0 fully saturated rings. The molecule has 1 aromatic heterocycles. The minimum Gasteiger partial charge on any atom is -0.316 e.